The third-order valence-electron chi connectivity index (χ3n) is 3.57. The van der Waals surface area contributed by atoms with Crippen LogP contribution in [0.5, 0.6) is 0 Å². The Morgan fingerprint density at radius 2 is 1.72 bits per heavy atom. The monoisotopic (exact) mass is 367 g/mol. The first kappa shape index (κ1) is 18.9. The minimum Gasteiger partial charge on any atom is -0.467 e. The van der Waals surface area contributed by atoms with Gasteiger partial charge in [-0.25, -0.2) is 13.6 Å². The van der Waals surface area contributed by atoms with E-state index in [1.165, 1.54) is 13.2 Å². The maximum absolute atomic E-state index is 13.6. The van der Waals surface area contributed by atoms with E-state index in [1.54, 1.807) is 24.3 Å². The molecule has 2 aromatic rings. The van der Waals surface area contributed by atoms with E-state index in [0.717, 1.165) is 17.7 Å². The van der Waals surface area contributed by atoms with Gasteiger partial charge in [-0.1, -0.05) is 29.8 Å². The van der Waals surface area contributed by atoms with Crippen LogP contribution >= 0.6 is 11.6 Å². The summed E-state index contributed by atoms with van der Waals surface area (Å²) >= 11 is 5.81. The predicted octanol–water partition coefficient (Wildman–Crippen LogP) is 3.06. The van der Waals surface area contributed by atoms with Gasteiger partial charge < -0.3 is 10.1 Å². The number of methoxy groups -OCH3 is 1. The molecule has 25 heavy (non-hydrogen) atoms. The van der Waals surface area contributed by atoms with Crippen molar-refractivity contribution in [3.05, 3.63) is 70.2 Å². The molecule has 0 bridgehead atoms. The second kappa shape index (κ2) is 8.58. The summed E-state index contributed by atoms with van der Waals surface area (Å²) < 4.78 is 31.9. The highest BCUT2D eigenvalue weighted by molar-refractivity contribution is 6.30. The standard InChI is InChI=1S/C18H16ClF2NO3/c1-25-18(24)16(9-11-5-7-12(19)8-6-11)22-17(23)10-13-14(20)3-2-4-15(13)21/h2-8,16H,9-10H2,1H3,(H,22,23)/t16-/m0/s1. The molecule has 0 heterocycles. The highest BCUT2D eigenvalue weighted by Gasteiger charge is 2.23. The van der Waals surface area contributed by atoms with Gasteiger partial charge in [0.1, 0.15) is 17.7 Å². The van der Waals surface area contributed by atoms with E-state index in [-0.39, 0.29) is 12.0 Å². The third-order valence-corrected chi connectivity index (χ3v) is 3.83. The maximum Gasteiger partial charge on any atom is 0.328 e. The Morgan fingerprint density at radius 3 is 2.28 bits per heavy atom. The summed E-state index contributed by atoms with van der Waals surface area (Å²) in [5.74, 6) is -2.98. The predicted molar refractivity (Wildman–Crippen MR) is 89.2 cm³/mol. The molecule has 1 atom stereocenters. The molecular formula is C18H16ClF2NO3. The summed E-state index contributed by atoms with van der Waals surface area (Å²) in [7, 11) is 1.19. The van der Waals surface area contributed by atoms with Crippen LogP contribution in [0, 0.1) is 11.6 Å². The van der Waals surface area contributed by atoms with Gasteiger partial charge in [0.2, 0.25) is 5.91 Å². The normalized spacial score (nSPS) is 11.7. The van der Waals surface area contributed by atoms with E-state index in [2.05, 4.69) is 10.1 Å². The van der Waals surface area contributed by atoms with Gasteiger partial charge in [0, 0.05) is 17.0 Å². The minimum atomic E-state index is -0.978. The molecule has 0 unspecified atom stereocenters. The van der Waals surface area contributed by atoms with Gasteiger partial charge in [0.25, 0.3) is 0 Å². The van der Waals surface area contributed by atoms with Crippen molar-refractivity contribution in [2.45, 2.75) is 18.9 Å². The number of rotatable bonds is 6. The van der Waals surface area contributed by atoms with E-state index < -0.39 is 36.0 Å². The number of esters is 1. The molecule has 0 radical (unpaired) electrons. The summed E-state index contributed by atoms with van der Waals surface area (Å²) in [5, 5.41) is 2.99. The van der Waals surface area contributed by atoms with E-state index in [0.29, 0.717) is 5.02 Å². The summed E-state index contributed by atoms with van der Waals surface area (Å²) in [5.41, 5.74) is 0.396. The van der Waals surface area contributed by atoms with E-state index in [9.17, 15) is 18.4 Å². The van der Waals surface area contributed by atoms with Crippen molar-refractivity contribution in [2.75, 3.05) is 7.11 Å². The van der Waals surface area contributed by atoms with Crippen LogP contribution < -0.4 is 5.32 Å². The molecule has 0 saturated carbocycles. The van der Waals surface area contributed by atoms with Gasteiger partial charge in [0.15, 0.2) is 0 Å². The summed E-state index contributed by atoms with van der Waals surface area (Å²) in [6.45, 7) is 0. The van der Waals surface area contributed by atoms with Crippen LogP contribution in [0.25, 0.3) is 0 Å². The molecule has 4 nitrogen and oxygen atoms in total. The zero-order valence-electron chi connectivity index (χ0n) is 13.4. The van der Waals surface area contributed by atoms with Crippen molar-refractivity contribution < 1.29 is 23.1 Å². The lowest BCUT2D eigenvalue weighted by Crippen LogP contribution is -2.43. The van der Waals surface area contributed by atoms with Gasteiger partial charge in [-0.2, -0.15) is 0 Å². The number of nitrogens with one attached hydrogen (secondary N) is 1. The molecule has 1 amide bonds. The number of carbonyl (C=O) groups excluding carboxylic acids is 2. The molecule has 0 fully saturated rings. The third kappa shape index (κ3) is 5.26. The van der Waals surface area contributed by atoms with Gasteiger partial charge in [-0.3, -0.25) is 4.79 Å². The number of ether oxygens (including phenoxy) is 1. The molecule has 0 saturated heterocycles. The minimum absolute atomic E-state index is 0.162. The number of hydrogen-bond acceptors (Lipinski definition) is 3. The quantitative estimate of drug-likeness (QED) is 0.798. The molecule has 0 aromatic heterocycles. The highest BCUT2D eigenvalue weighted by atomic mass is 35.5. The number of benzene rings is 2. The number of carbonyl (C=O) groups is 2. The molecule has 0 spiro atoms. The van der Waals surface area contributed by atoms with E-state index in [4.69, 9.17) is 11.6 Å². The summed E-state index contributed by atoms with van der Waals surface area (Å²) in [4.78, 5) is 24.0. The van der Waals surface area contributed by atoms with Crippen LogP contribution in [-0.4, -0.2) is 25.0 Å². The van der Waals surface area contributed by atoms with E-state index >= 15 is 0 Å². The molecule has 1 N–H and O–H groups in total. The Kier molecular flexibility index (Phi) is 6.47. The first-order valence-corrected chi connectivity index (χ1v) is 7.83. The Labute approximate surface area is 148 Å². The lowest BCUT2D eigenvalue weighted by molar-refractivity contribution is -0.145. The molecule has 2 rings (SSSR count). The van der Waals surface area contributed by atoms with Crippen LogP contribution in [0.1, 0.15) is 11.1 Å². The van der Waals surface area contributed by atoms with Crippen LogP contribution in [0.3, 0.4) is 0 Å². The smallest absolute Gasteiger partial charge is 0.328 e. The SMILES string of the molecule is COC(=O)[C@H](Cc1ccc(Cl)cc1)NC(=O)Cc1c(F)cccc1F. The Balaban J connectivity index is 2.09. The van der Waals surface area contributed by atoms with Crippen molar-refractivity contribution in [1.29, 1.82) is 0 Å². The molecule has 0 aliphatic rings. The fourth-order valence-corrected chi connectivity index (χ4v) is 2.42. The second-order valence-corrected chi connectivity index (χ2v) is 5.79. The molecule has 7 heteroatoms. The lowest BCUT2D eigenvalue weighted by Gasteiger charge is -2.17. The molecule has 132 valence electrons. The molecule has 2 aromatic carbocycles. The number of halogens is 3. The second-order valence-electron chi connectivity index (χ2n) is 5.35. The Hall–Kier alpha value is -2.47. The number of hydrogen-bond donors (Lipinski definition) is 1. The molecule has 0 aliphatic heterocycles. The zero-order valence-corrected chi connectivity index (χ0v) is 14.1. The van der Waals surface area contributed by atoms with Gasteiger partial charge >= 0.3 is 5.97 Å². The van der Waals surface area contributed by atoms with Crippen LogP contribution in [0.2, 0.25) is 5.02 Å². The number of amides is 1. The van der Waals surface area contributed by atoms with E-state index in [1.807, 2.05) is 0 Å². The van der Waals surface area contributed by atoms with Gasteiger partial charge in [-0.15, -0.1) is 0 Å². The maximum atomic E-state index is 13.6. The Morgan fingerprint density at radius 1 is 1.12 bits per heavy atom. The van der Waals surface area contributed by atoms with Crippen molar-refractivity contribution in [3.63, 3.8) is 0 Å². The van der Waals surface area contributed by atoms with Crippen molar-refractivity contribution in [1.82, 2.24) is 5.32 Å². The largest absolute Gasteiger partial charge is 0.467 e. The molecule has 0 aliphatic carbocycles. The fourth-order valence-electron chi connectivity index (χ4n) is 2.30. The van der Waals surface area contributed by atoms with Crippen molar-refractivity contribution >= 4 is 23.5 Å². The van der Waals surface area contributed by atoms with Crippen molar-refractivity contribution in [2.24, 2.45) is 0 Å². The molecular weight excluding hydrogens is 352 g/mol. The first-order chi connectivity index (χ1) is 11.9. The van der Waals surface area contributed by atoms with Crippen LogP contribution in [0.4, 0.5) is 8.78 Å². The van der Waals surface area contributed by atoms with Gasteiger partial charge in [-0.05, 0) is 29.8 Å². The van der Waals surface area contributed by atoms with Crippen LogP contribution in [0.15, 0.2) is 42.5 Å². The topological polar surface area (TPSA) is 55.4 Å². The summed E-state index contributed by atoms with van der Waals surface area (Å²) in [6, 6.07) is 9.09. The lowest BCUT2D eigenvalue weighted by atomic mass is 10.0. The fraction of sp³-hybridized carbons (Fsp3) is 0.222. The summed E-state index contributed by atoms with van der Waals surface area (Å²) in [6.07, 6.45) is -0.359. The van der Waals surface area contributed by atoms with Crippen LogP contribution in [-0.2, 0) is 27.2 Å². The van der Waals surface area contributed by atoms with Crippen molar-refractivity contribution in [3.8, 4) is 0 Å². The Bertz CT molecular complexity index is 745. The average molecular weight is 368 g/mol. The highest BCUT2D eigenvalue weighted by Crippen LogP contribution is 2.14. The van der Waals surface area contributed by atoms with Gasteiger partial charge in [0.05, 0.1) is 13.5 Å². The average Bonchev–Trinajstić information content (AvgIpc) is 2.59. The zero-order chi connectivity index (χ0) is 18.4. The first-order valence-electron chi connectivity index (χ1n) is 7.45.